The summed E-state index contributed by atoms with van der Waals surface area (Å²) in [4.78, 5) is 23.9. The summed E-state index contributed by atoms with van der Waals surface area (Å²) in [7, 11) is 0. The first-order valence-corrected chi connectivity index (χ1v) is 7.85. The molecule has 132 valence electrons. The summed E-state index contributed by atoms with van der Waals surface area (Å²) in [5.74, 6) is -3.44. The molecular weight excluding hydrogens is 328 g/mol. The second-order valence-electron chi connectivity index (χ2n) is 5.90. The second-order valence-corrected chi connectivity index (χ2v) is 5.90. The average Bonchev–Trinajstić information content (AvgIpc) is 2.60. The van der Waals surface area contributed by atoms with Gasteiger partial charge in [0, 0.05) is 0 Å². The Morgan fingerprint density at radius 2 is 1.72 bits per heavy atom. The van der Waals surface area contributed by atoms with Gasteiger partial charge in [0.05, 0.1) is 11.6 Å². The number of hydrogen-bond acceptors (Lipinski definition) is 3. The van der Waals surface area contributed by atoms with Gasteiger partial charge in [-0.15, -0.1) is 0 Å². The highest BCUT2D eigenvalue weighted by atomic mass is 19.2. The molecule has 1 atom stereocenters. The van der Waals surface area contributed by atoms with Gasteiger partial charge in [-0.25, -0.2) is 13.6 Å². The van der Waals surface area contributed by atoms with Gasteiger partial charge < -0.3 is 10.1 Å². The third kappa shape index (κ3) is 5.11. The topological polar surface area (TPSA) is 55.4 Å². The highest BCUT2D eigenvalue weighted by Gasteiger charge is 2.19. The Labute approximate surface area is 144 Å². The summed E-state index contributed by atoms with van der Waals surface area (Å²) in [6, 6.07) is 11.9. The minimum atomic E-state index is -1.15. The van der Waals surface area contributed by atoms with Gasteiger partial charge in [0.2, 0.25) is 0 Å². The maximum Gasteiger partial charge on any atom is 0.338 e. The van der Waals surface area contributed by atoms with Gasteiger partial charge in [0.15, 0.2) is 18.2 Å². The summed E-state index contributed by atoms with van der Waals surface area (Å²) in [5.41, 5.74) is 0.785. The van der Waals surface area contributed by atoms with Crippen LogP contribution in [0.1, 0.15) is 35.8 Å². The fourth-order valence-corrected chi connectivity index (χ4v) is 2.35. The molecule has 2 aromatic carbocycles. The van der Waals surface area contributed by atoms with Crippen LogP contribution in [0.2, 0.25) is 0 Å². The van der Waals surface area contributed by atoms with Crippen LogP contribution in [0, 0.1) is 17.6 Å². The molecule has 4 nitrogen and oxygen atoms in total. The van der Waals surface area contributed by atoms with Crippen LogP contribution in [0.4, 0.5) is 8.78 Å². The molecule has 2 aromatic rings. The minimum absolute atomic E-state index is 0.133. The number of esters is 1. The van der Waals surface area contributed by atoms with E-state index < -0.39 is 30.1 Å². The minimum Gasteiger partial charge on any atom is -0.452 e. The van der Waals surface area contributed by atoms with Crippen LogP contribution in [0.5, 0.6) is 0 Å². The summed E-state index contributed by atoms with van der Waals surface area (Å²) in [6.45, 7) is 3.42. The van der Waals surface area contributed by atoms with E-state index in [1.54, 1.807) is 0 Å². The molecule has 2 rings (SSSR count). The Morgan fingerprint density at radius 1 is 1.04 bits per heavy atom. The van der Waals surface area contributed by atoms with E-state index in [9.17, 15) is 18.4 Å². The molecule has 0 aliphatic heterocycles. The first-order chi connectivity index (χ1) is 11.9. The van der Waals surface area contributed by atoms with Crippen LogP contribution >= 0.6 is 0 Å². The zero-order chi connectivity index (χ0) is 18.4. The van der Waals surface area contributed by atoms with Crippen molar-refractivity contribution < 1.29 is 23.1 Å². The molecule has 1 N–H and O–H groups in total. The van der Waals surface area contributed by atoms with Crippen LogP contribution in [-0.2, 0) is 9.53 Å². The van der Waals surface area contributed by atoms with Gasteiger partial charge >= 0.3 is 5.97 Å². The van der Waals surface area contributed by atoms with Crippen molar-refractivity contribution >= 4 is 11.9 Å². The Morgan fingerprint density at radius 3 is 2.32 bits per heavy atom. The molecule has 0 heterocycles. The Hall–Kier alpha value is -2.76. The molecule has 0 bridgehead atoms. The van der Waals surface area contributed by atoms with E-state index in [-0.39, 0.29) is 17.5 Å². The lowest BCUT2D eigenvalue weighted by molar-refractivity contribution is -0.125. The maximum absolute atomic E-state index is 13.1. The molecule has 0 aromatic heterocycles. The number of carbonyl (C=O) groups excluding carboxylic acids is 2. The van der Waals surface area contributed by atoms with Crippen molar-refractivity contribution in [1.29, 1.82) is 0 Å². The predicted molar refractivity (Wildman–Crippen MR) is 88.8 cm³/mol. The van der Waals surface area contributed by atoms with Crippen LogP contribution in [0.15, 0.2) is 48.5 Å². The number of rotatable bonds is 6. The van der Waals surface area contributed by atoms with Crippen LogP contribution in [0.25, 0.3) is 0 Å². The molecule has 0 fully saturated rings. The number of ether oxygens (including phenoxy) is 1. The summed E-state index contributed by atoms with van der Waals surface area (Å²) >= 11 is 0. The van der Waals surface area contributed by atoms with Gasteiger partial charge in [0.1, 0.15) is 0 Å². The maximum atomic E-state index is 13.1. The largest absolute Gasteiger partial charge is 0.452 e. The van der Waals surface area contributed by atoms with E-state index >= 15 is 0 Å². The van der Waals surface area contributed by atoms with Gasteiger partial charge in [-0.2, -0.15) is 0 Å². The van der Waals surface area contributed by atoms with Gasteiger partial charge in [-0.05, 0) is 29.7 Å². The van der Waals surface area contributed by atoms with Crippen molar-refractivity contribution in [2.45, 2.75) is 19.9 Å². The normalized spacial score (nSPS) is 11.9. The molecule has 0 radical (unpaired) electrons. The smallest absolute Gasteiger partial charge is 0.338 e. The zero-order valence-electron chi connectivity index (χ0n) is 14.0. The van der Waals surface area contributed by atoms with Crippen molar-refractivity contribution in [2.75, 3.05) is 6.61 Å². The van der Waals surface area contributed by atoms with E-state index in [1.165, 1.54) is 0 Å². The van der Waals surface area contributed by atoms with Gasteiger partial charge in [-0.1, -0.05) is 44.2 Å². The number of carbonyl (C=O) groups is 2. The standard InChI is InChI=1S/C19H19F2NO3/c1-12(2)18(13-6-4-3-5-7-13)22-17(23)11-25-19(24)14-8-9-15(20)16(21)10-14/h3-10,12,18H,11H2,1-2H3,(H,22,23). The van der Waals surface area contributed by atoms with Crippen molar-refractivity contribution in [3.8, 4) is 0 Å². The molecule has 25 heavy (non-hydrogen) atoms. The fraction of sp³-hybridized carbons (Fsp3) is 0.263. The third-order valence-electron chi connectivity index (χ3n) is 3.63. The van der Waals surface area contributed by atoms with Crippen LogP contribution in [0.3, 0.4) is 0 Å². The molecule has 0 aliphatic carbocycles. The van der Waals surface area contributed by atoms with Crippen molar-refractivity contribution in [3.63, 3.8) is 0 Å². The Bertz CT molecular complexity index is 748. The first-order valence-electron chi connectivity index (χ1n) is 7.85. The van der Waals surface area contributed by atoms with Crippen LogP contribution in [-0.4, -0.2) is 18.5 Å². The van der Waals surface area contributed by atoms with E-state index in [0.717, 1.165) is 23.8 Å². The molecule has 1 unspecified atom stereocenters. The summed E-state index contributed by atoms with van der Waals surface area (Å²) < 4.78 is 30.9. The lowest BCUT2D eigenvalue weighted by Gasteiger charge is -2.22. The van der Waals surface area contributed by atoms with E-state index in [1.807, 2.05) is 44.2 Å². The van der Waals surface area contributed by atoms with E-state index in [4.69, 9.17) is 4.74 Å². The first kappa shape index (κ1) is 18.6. The summed E-state index contributed by atoms with van der Waals surface area (Å²) in [6.07, 6.45) is 0. The molecule has 0 saturated carbocycles. The fourth-order valence-electron chi connectivity index (χ4n) is 2.35. The SMILES string of the molecule is CC(C)C(NC(=O)COC(=O)c1ccc(F)c(F)c1)c1ccccc1. The highest BCUT2D eigenvalue weighted by molar-refractivity contribution is 5.91. The number of amides is 1. The number of hydrogen-bond donors (Lipinski definition) is 1. The molecular formula is C19H19F2NO3. The zero-order valence-corrected chi connectivity index (χ0v) is 14.0. The summed E-state index contributed by atoms with van der Waals surface area (Å²) in [5, 5.41) is 2.81. The molecule has 0 aliphatic rings. The van der Waals surface area contributed by atoms with Crippen molar-refractivity contribution in [2.24, 2.45) is 5.92 Å². The highest BCUT2D eigenvalue weighted by Crippen LogP contribution is 2.21. The van der Waals surface area contributed by atoms with E-state index in [0.29, 0.717) is 0 Å². The van der Waals surface area contributed by atoms with Crippen molar-refractivity contribution in [3.05, 3.63) is 71.3 Å². The quantitative estimate of drug-likeness (QED) is 0.812. The molecule has 0 saturated heterocycles. The number of halogens is 2. The average molecular weight is 347 g/mol. The monoisotopic (exact) mass is 347 g/mol. The second kappa shape index (κ2) is 8.37. The molecule has 0 spiro atoms. The number of nitrogens with one attached hydrogen (secondary N) is 1. The van der Waals surface area contributed by atoms with Gasteiger partial charge in [-0.3, -0.25) is 4.79 Å². The number of benzene rings is 2. The predicted octanol–water partition coefficient (Wildman–Crippen LogP) is 3.64. The lowest BCUT2D eigenvalue weighted by Crippen LogP contribution is -2.35. The third-order valence-corrected chi connectivity index (χ3v) is 3.63. The lowest BCUT2D eigenvalue weighted by atomic mass is 9.96. The van der Waals surface area contributed by atoms with Crippen LogP contribution < -0.4 is 5.32 Å². The van der Waals surface area contributed by atoms with E-state index in [2.05, 4.69) is 5.32 Å². The van der Waals surface area contributed by atoms with Gasteiger partial charge in [0.25, 0.3) is 5.91 Å². The Kier molecular flexibility index (Phi) is 6.22. The Balaban J connectivity index is 1.94. The molecule has 6 heteroatoms. The molecule has 1 amide bonds. The van der Waals surface area contributed by atoms with Crippen molar-refractivity contribution in [1.82, 2.24) is 5.32 Å².